The maximum atomic E-state index is 12.4. The van der Waals surface area contributed by atoms with Crippen LogP contribution in [-0.4, -0.2) is 55.9 Å². The number of carbonyl (C=O) groups is 1. The minimum absolute atomic E-state index is 0.000590. The third-order valence-corrected chi connectivity index (χ3v) is 8.24. The number of rotatable bonds is 10. The van der Waals surface area contributed by atoms with Gasteiger partial charge in [-0.2, -0.15) is 4.98 Å². The van der Waals surface area contributed by atoms with Crippen molar-refractivity contribution in [3.63, 3.8) is 0 Å². The van der Waals surface area contributed by atoms with Crippen molar-refractivity contribution in [1.82, 2.24) is 14.6 Å². The molecule has 1 aliphatic heterocycles. The highest BCUT2D eigenvalue weighted by molar-refractivity contribution is 8.09. The molecule has 15 heteroatoms. The zero-order chi connectivity index (χ0) is 26.7. The summed E-state index contributed by atoms with van der Waals surface area (Å²) in [7, 11) is 0. The molecular formula is C21H27Cl2N4O7PS. The van der Waals surface area contributed by atoms with Gasteiger partial charge in [-0.1, -0.05) is 41.4 Å². The van der Waals surface area contributed by atoms with Gasteiger partial charge in [-0.3, -0.25) is 9.36 Å². The van der Waals surface area contributed by atoms with Crippen LogP contribution in [0.5, 0.6) is 5.75 Å². The van der Waals surface area contributed by atoms with E-state index in [1.54, 1.807) is 51.1 Å². The summed E-state index contributed by atoms with van der Waals surface area (Å²) in [6.07, 6.45) is -2.93. The van der Waals surface area contributed by atoms with Crippen molar-refractivity contribution in [2.24, 2.45) is 0 Å². The fraction of sp³-hybridized carbons (Fsp3) is 0.476. The third kappa shape index (κ3) is 6.96. The molecule has 36 heavy (non-hydrogen) atoms. The normalized spacial score (nSPS) is 23.7. The van der Waals surface area contributed by atoms with E-state index in [2.05, 4.69) is 10.1 Å². The van der Waals surface area contributed by atoms with E-state index in [0.29, 0.717) is 5.75 Å². The Morgan fingerprint density at radius 3 is 2.61 bits per heavy atom. The van der Waals surface area contributed by atoms with Crippen molar-refractivity contribution < 1.29 is 28.4 Å². The van der Waals surface area contributed by atoms with E-state index in [9.17, 15) is 14.7 Å². The Bertz CT molecular complexity index is 1170. The number of nitrogens with one attached hydrogen (secondary N) is 1. The summed E-state index contributed by atoms with van der Waals surface area (Å²) in [5.74, 6) is -0.154. The number of aliphatic hydroxyl groups excluding tert-OH is 1. The van der Waals surface area contributed by atoms with E-state index in [4.69, 9.17) is 59.3 Å². The lowest BCUT2D eigenvalue weighted by Gasteiger charge is -2.28. The molecule has 0 amide bonds. The SMILES string of the molecule is CC(C)OC(=O)[C@@H](C)N[P@](=S)(OC[C@H]1O[C@@H](n2ccc(N)nc2=O)C(Cl)(Cl)[C@@H]1O)Oc1ccccc1. The number of aromatic nitrogens is 2. The van der Waals surface area contributed by atoms with Gasteiger partial charge in [-0.15, -0.1) is 0 Å². The average Bonchev–Trinajstić information content (AvgIpc) is 3.01. The van der Waals surface area contributed by atoms with Crippen LogP contribution in [0.25, 0.3) is 0 Å². The molecule has 1 aromatic heterocycles. The van der Waals surface area contributed by atoms with E-state index in [0.717, 1.165) is 4.57 Å². The van der Waals surface area contributed by atoms with Crippen molar-refractivity contribution in [2.45, 2.75) is 55.7 Å². The van der Waals surface area contributed by atoms with Gasteiger partial charge in [0.25, 0.3) is 0 Å². The minimum Gasteiger partial charge on any atom is -0.462 e. The lowest BCUT2D eigenvalue weighted by molar-refractivity contribution is -0.149. The van der Waals surface area contributed by atoms with E-state index >= 15 is 0 Å². The molecule has 0 unspecified atom stereocenters. The van der Waals surface area contributed by atoms with E-state index < -0.39 is 47.1 Å². The number of nitrogens with zero attached hydrogens (tertiary/aromatic N) is 2. The van der Waals surface area contributed by atoms with Gasteiger partial charge in [0.1, 0.15) is 29.8 Å². The van der Waals surface area contributed by atoms with Crippen LogP contribution in [0, 0.1) is 0 Å². The fourth-order valence-electron chi connectivity index (χ4n) is 3.22. The number of hydrogen-bond donors (Lipinski definition) is 3. The van der Waals surface area contributed by atoms with Crippen LogP contribution in [0.1, 0.15) is 27.0 Å². The fourth-order valence-corrected chi connectivity index (χ4v) is 6.23. The maximum Gasteiger partial charge on any atom is 0.351 e. The topological polar surface area (TPSA) is 147 Å². The first-order valence-corrected chi connectivity index (χ1v) is 14.3. The van der Waals surface area contributed by atoms with Crippen LogP contribution in [-0.2, 0) is 30.6 Å². The number of carbonyl (C=O) groups excluding carboxylic acids is 1. The highest BCUT2D eigenvalue weighted by atomic mass is 35.5. The predicted octanol–water partition coefficient (Wildman–Crippen LogP) is 2.51. The number of hydrogen-bond acceptors (Lipinski definition) is 10. The Kier molecular flexibility index (Phi) is 9.40. The highest BCUT2D eigenvalue weighted by Gasteiger charge is 2.56. The Balaban J connectivity index is 1.79. The summed E-state index contributed by atoms with van der Waals surface area (Å²) >= 11 is 18.4. The Labute approximate surface area is 223 Å². The van der Waals surface area contributed by atoms with Crippen LogP contribution in [0.4, 0.5) is 5.82 Å². The van der Waals surface area contributed by atoms with Crippen LogP contribution in [0.2, 0.25) is 0 Å². The largest absolute Gasteiger partial charge is 0.462 e. The molecule has 1 fully saturated rings. The first-order chi connectivity index (χ1) is 16.8. The van der Waals surface area contributed by atoms with E-state index in [1.165, 1.54) is 12.3 Å². The summed E-state index contributed by atoms with van der Waals surface area (Å²) in [6.45, 7) is 1.25. The van der Waals surface area contributed by atoms with E-state index in [1.807, 2.05) is 0 Å². The predicted molar refractivity (Wildman–Crippen MR) is 138 cm³/mol. The monoisotopic (exact) mass is 580 g/mol. The lowest BCUT2D eigenvalue weighted by atomic mass is 10.2. The molecular weight excluding hydrogens is 554 g/mol. The number of alkyl halides is 2. The Hall–Kier alpha value is -1.76. The van der Waals surface area contributed by atoms with Gasteiger partial charge < -0.3 is 29.4 Å². The Morgan fingerprint density at radius 1 is 1.33 bits per heavy atom. The van der Waals surface area contributed by atoms with Crippen LogP contribution < -0.4 is 21.0 Å². The van der Waals surface area contributed by atoms with Gasteiger partial charge >= 0.3 is 18.3 Å². The zero-order valence-corrected chi connectivity index (χ0v) is 22.8. The number of benzene rings is 1. The van der Waals surface area contributed by atoms with Crippen LogP contribution in [0.3, 0.4) is 0 Å². The number of halogens is 2. The van der Waals surface area contributed by atoms with Gasteiger partial charge in [0, 0.05) is 6.20 Å². The molecule has 0 bridgehead atoms. The van der Waals surface area contributed by atoms with Crippen LogP contribution >= 0.6 is 29.8 Å². The molecule has 1 saturated heterocycles. The number of nitrogen functional groups attached to an aromatic ring is 1. The van der Waals surface area contributed by atoms with Gasteiger partial charge in [0.05, 0.1) is 12.7 Å². The molecule has 4 N–H and O–H groups in total. The minimum atomic E-state index is -3.42. The number of aliphatic hydroxyl groups is 1. The van der Waals surface area contributed by atoms with Gasteiger partial charge in [0.2, 0.25) is 0 Å². The second-order valence-electron chi connectivity index (χ2n) is 8.22. The first-order valence-electron chi connectivity index (χ1n) is 10.9. The second kappa shape index (κ2) is 11.7. The van der Waals surface area contributed by atoms with Crippen molar-refractivity contribution in [3.8, 4) is 5.75 Å². The molecule has 1 aromatic carbocycles. The van der Waals surface area contributed by atoms with Crippen molar-refractivity contribution in [1.29, 1.82) is 0 Å². The number of nitrogens with two attached hydrogens (primary N) is 1. The smallest absolute Gasteiger partial charge is 0.351 e. The average molecular weight is 581 g/mol. The van der Waals surface area contributed by atoms with Crippen molar-refractivity contribution in [3.05, 3.63) is 53.1 Å². The van der Waals surface area contributed by atoms with Crippen molar-refractivity contribution >= 4 is 53.4 Å². The molecule has 2 heterocycles. The number of para-hydroxylation sites is 1. The second-order valence-corrected chi connectivity index (χ2v) is 12.8. The molecule has 0 saturated carbocycles. The van der Waals surface area contributed by atoms with Gasteiger partial charge in [0.15, 0.2) is 10.6 Å². The quantitative estimate of drug-likeness (QED) is 0.216. The standard InChI is InChI=1S/C21H27Cl2N4O7PS/c1-12(2)32-18(29)13(3)26-35(36,34-14-7-5-4-6-8-14)31-11-15-17(28)21(22,23)19(33-15)27-10-9-16(24)25-20(27)30/h4-10,12-13,15,17,19,28H,11H2,1-3H3,(H,26,36)(H2,24,25,30)/t13-,15-,17-,19-,35+/m1/s1. The number of anilines is 1. The lowest BCUT2D eigenvalue weighted by Crippen LogP contribution is -2.40. The molecule has 11 nitrogen and oxygen atoms in total. The number of ether oxygens (including phenoxy) is 2. The summed E-state index contributed by atoms with van der Waals surface area (Å²) in [5.41, 5.74) is 4.76. The molecule has 0 radical (unpaired) electrons. The zero-order valence-electron chi connectivity index (χ0n) is 19.6. The molecule has 198 valence electrons. The van der Waals surface area contributed by atoms with Gasteiger partial charge in [-0.05, 0) is 50.8 Å². The molecule has 2 aromatic rings. The molecule has 3 rings (SSSR count). The molecule has 0 aliphatic carbocycles. The van der Waals surface area contributed by atoms with E-state index in [-0.39, 0.29) is 18.5 Å². The van der Waals surface area contributed by atoms with Gasteiger partial charge in [-0.25, -0.2) is 9.88 Å². The summed E-state index contributed by atoms with van der Waals surface area (Å²) < 4.78 is 21.9. The Morgan fingerprint density at radius 2 is 2.00 bits per heavy atom. The maximum absolute atomic E-state index is 12.4. The summed E-state index contributed by atoms with van der Waals surface area (Å²) in [4.78, 5) is 28.3. The highest BCUT2D eigenvalue weighted by Crippen LogP contribution is 2.49. The number of esters is 1. The van der Waals surface area contributed by atoms with Crippen LogP contribution in [0.15, 0.2) is 47.4 Å². The summed E-state index contributed by atoms with van der Waals surface area (Å²) in [5, 5.41) is 13.7. The molecule has 5 atom stereocenters. The third-order valence-electron chi connectivity index (χ3n) is 4.92. The first kappa shape index (κ1) is 28.8. The molecule has 0 spiro atoms. The molecule has 1 aliphatic rings. The van der Waals surface area contributed by atoms with Crippen molar-refractivity contribution in [2.75, 3.05) is 12.3 Å². The summed E-state index contributed by atoms with van der Waals surface area (Å²) in [6, 6.07) is 9.11.